The molecular weight excluding hydrogens is 350 g/mol. The quantitative estimate of drug-likeness (QED) is 0.590. The van der Waals surface area contributed by atoms with E-state index >= 15 is 0 Å². The van der Waals surface area contributed by atoms with Crippen molar-refractivity contribution in [3.63, 3.8) is 0 Å². The molecule has 0 unspecified atom stereocenters. The number of anilines is 1. The highest BCUT2D eigenvalue weighted by molar-refractivity contribution is 7.89. The molecule has 1 fully saturated rings. The maximum Gasteiger partial charge on any atom is 0.296 e. The number of aromatic nitrogens is 2. The molecular formula is C14H19N5O5S. The average molecular weight is 369 g/mol. The molecule has 0 saturated carbocycles. The van der Waals surface area contributed by atoms with E-state index in [1.807, 2.05) is 0 Å². The Hall–Kier alpha value is -2.24. The van der Waals surface area contributed by atoms with Crippen molar-refractivity contribution in [2.75, 3.05) is 25.1 Å². The minimum Gasteiger partial charge on any atom is -0.381 e. The Balaban J connectivity index is 2.10. The van der Waals surface area contributed by atoms with Crippen LogP contribution < -0.4 is 10.5 Å². The van der Waals surface area contributed by atoms with E-state index < -0.39 is 14.9 Å². The molecule has 0 bridgehead atoms. The summed E-state index contributed by atoms with van der Waals surface area (Å²) in [4.78, 5) is 14.7. The van der Waals surface area contributed by atoms with Crippen LogP contribution in [0.1, 0.15) is 12.8 Å². The third-order valence-electron chi connectivity index (χ3n) is 4.34. The lowest BCUT2D eigenvalue weighted by atomic mass is 10.0. The van der Waals surface area contributed by atoms with Gasteiger partial charge >= 0.3 is 0 Å². The van der Waals surface area contributed by atoms with Crippen molar-refractivity contribution in [2.45, 2.75) is 17.7 Å². The van der Waals surface area contributed by atoms with Crippen LogP contribution in [0.5, 0.6) is 0 Å². The van der Waals surface area contributed by atoms with Crippen LogP contribution in [0, 0.1) is 16.0 Å². The Labute approximate surface area is 144 Å². The number of primary sulfonamides is 1. The number of ether oxygens (including phenoxy) is 1. The Morgan fingerprint density at radius 2 is 2.16 bits per heavy atom. The van der Waals surface area contributed by atoms with Crippen LogP contribution in [0.15, 0.2) is 17.3 Å². The lowest BCUT2D eigenvalue weighted by Gasteiger charge is -2.22. The van der Waals surface area contributed by atoms with Gasteiger partial charge in [-0.2, -0.15) is 0 Å². The molecule has 1 aliphatic heterocycles. The van der Waals surface area contributed by atoms with Crippen molar-refractivity contribution in [1.29, 1.82) is 0 Å². The van der Waals surface area contributed by atoms with Crippen LogP contribution in [0.25, 0.3) is 11.0 Å². The van der Waals surface area contributed by atoms with Gasteiger partial charge < -0.3 is 14.6 Å². The molecule has 1 aromatic heterocycles. The van der Waals surface area contributed by atoms with Crippen molar-refractivity contribution in [1.82, 2.24) is 9.55 Å². The minimum absolute atomic E-state index is 0.208. The summed E-state index contributed by atoms with van der Waals surface area (Å²) in [6.45, 7) is 1.85. The lowest BCUT2D eigenvalue weighted by Crippen LogP contribution is -2.23. The number of nitrogens with two attached hydrogens (primary N) is 1. The Morgan fingerprint density at radius 1 is 1.48 bits per heavy atom. The number of sulfonamides is 1. The molecule has 11 heteroatoms. The Morgan fingerprint density at radius 3 is 2.76 bits per heavy atom. The van der Waals surface area contributed by atoms with Crippen LogP contribution in [0.4, 0.5) is 11.4 Å². The number of aryl methyl sites for hydroxylation is 1. The summed E-state index contributed by atoms with van der Waals surface area (Å²) >= 11 is 0. The first-order chi connectivity index (χ1) is 11.8. The van der Waals surface area contributed by atoms with Crippen molar-refractivity contribution >= 4 is 32.4 Å². The third-order valence-corrected chi connectivity index (χ3v) is 5.27. The standard InChI is InChI=1S/C14H19N5O5S/c1-18-8-17-13-12(16-7-9-2-4-24-5-3-9)10(19(20)21)6-11(14(13)18)25(15,22)23/h6,8-9,16H,2-5,7H2,1H3,(H2,15,22,23). The van der Waals surface area contributed by atoms with Gasteiger partial charge in [0.2, 0.25) is 10.0 Å². The molecule has 3 rings (SSSR count). The van der Waals surface area contributed by atoms with E-state index in [1.165, 1.54) is 10.9 Å². The van der Waals surface area contributed by atoms with E-state index in [1.54, 1.807) is 7.05 Å². The molecule has 0 spiro atoms. The maximum absolute atomic E-state index is 11.9. The number of nitrogens with zero attached hydrogens (tertiary/aromatic N) is 3. The van der Waals surface area contributed by atoms with E-state index in [0.29, 0.717) is 25.7 Å². The average Bonchev–Trinajstić information content (AvgIpc) is 2.94. The second-order valence-electron chi connectivity index (χ2n) is 6.06. The van der Waals surface area contributed by atoms with E-state index in [-0.39, 0.29) is 27.3 Å². The van der Waals surface area contributed by atoms with E-state index in [9.17, 15) is 18.5 Å². The molecule has 25 heavy (non-hydrogen) atoms. The van der Waals surface area contributed by atoms with E-state index in [0.717, 1.165) is 18.9 Å². The van der Waals surface area contributed by atoms with Crippen molar-refractivity contribution in [2.24, 2.45) is 18.1 Å². The minimum atomic E-state index is -4.14. The van der Waals surface area contributed by atoms with Gasteiger partial charge in [-0.3, -0.25) is 10.1 Å². The van der Waals surface area contributed by atoms with Crippen LogP contribution in [0.3, 0.4) is 0 Å². The third kappa shape index (κ3) is 3.43. The fourth-order valence-electron chi connectivity index (χ4n) is 3.02. The van der Waals surface area contributed by atoms with Gasteiger partial charge in [0.25, 0.3) is 5.69 Å². The summed E-state index contributed by atoms with van der Waals surface area (Å²) in [6, 6.07) is 0.992. The molecule has 1 saturated heterocycles. The zero-order valence-corrected chi connectivity index (χ0v) is 14.5. The number of imidazole rings is 1. The summed E-state index contributed by atoms with van der Waals surface area (Å²) in [5.41, 5.74) is 0.303. The molecule has 0 aliphatic carbocycles. The summed E-state index contributed by atoms with van der Waals surface area (Å²) in [6.07, 6.45) is 3.13. The van der Waals surface area contributed by atoms with Crippen molar-refractivity contribution < 1.29 is 18.1 Å². The molecule has 136 valence electrons. The topological polar surface area (TPSA) is 142 Å². The molecule has 0 atom stereocenters. The highest BCUT2D eigenvalue weighted by atomic mass is 32.2. The molecule has 0 radical (unpaired) electrons. The second kappa shape index (κ2) is 6.58. The van der Waals surface area contributed by atoms with Gasteiger partial charge in [0.15, 0.2) is 0 Å². The van der Waals surface area contributed by atoms with Gasteiger partial charge in [-0.05, 0) is 18.8 Å². The molecule has 2 heterocycles. The first-order valence-electron chi connectivity index (χ1n) is 7.76. The molecule has 1 aliphatic rings. The lowest BCUT2D eigenvalue weighted by molar-refractivity contribution is -0.384. The SMILES string of the molecule is Cn1cnc2c(NCC3CCOCC3)c([N+](=O)[O-])cc(S(N)(=O)=O)c21. The summed E-state index contributed by atoms with van der Waals surface area (Å²) in [5, 5.41) is 19.8. The number of nitro benzene ring substituents is 1. The number of rotatable bonds is 5. The molecule has 1 aromatic carbocycles. The zero-order chi connectivity index (χ0) is 18.2. The largest absolute Gasteiger partial charge is 0.381 e. The number of hydrogen-bond donors (Lipinski definition) is 2. The van der Waals surface area contributed by atoms with Gasteiger partial charge in [0, 0.05) is 32.9 Å². The summed E-state index contributed by atoms with van der Waals surface area (Å²) in [5.74, 6) is 0.324. The predicted octanol–water partition coefficient (Wildman–Crippen LogP) is 0.967. The monoisotopic (exact) mass is 369 g/mol. The Bertz CT molecular complexity index is 917. The normalized spacial score (nSPS) is 16.2. The fourth-order valence-corrected chi connectivity index (χ4v) is 3.81. The molecule has 3 N–H and O–H groups in total. The zero-order valence-electron chi connectivity index (χ0n) is 13.6. The number of hydrogen-bond acceptors (Lipinski definition) is 7. The van der Waals surface area contributed by atoms with Crippen molar-refractivity contribution in [3.8, 4) is 0 Å². The summed E-state index contributed by atoms with van der Waals surface area (Å²) in [7, 11) is -2.53. The number of nitro groups is 1. The van der Waals surface area contributed by atoms with Gasteiger partial charge in [0.1, 0.15) is 16.1 Å². The van der Waals surface area contributed by atoms with Crippen LogP contribution in [-0.2, 0) is 21.8 Å². The maximum atomic E-state index is 11.9. The van der Waals surface area contributed by atoms with Crippen LogP contribution >= 0.6 is 0 Å². The first-order valence-corrected chi connectivity index (χ1v) is 9.30. The first kappa shape index (κ1) is 17.6. The number of nitrogens with one attached hydrogen (secondary N) is 1. The highest BCUT2D eigenvalue weighted by Gasteiger charge is 2.28. The van der Waals surface area contributed by atoms with Crippen LogP contribution in [-0.4, -0.2) is 42.7 Å². The predicted molar refractivity (Wildman–Crippen MR) is 90.8 cm³/mol. The summed E-state index contributed by atoms with van der Waals surface area (Å²) < 4.78 is 30.5. The van der Waals surface area contributed by atoms with E-state index in [4.69, 9.17) is 9.88 Å². The van der Waals surface area contributed by atoms with Gasteiger partial charge in [-0.25, -0.2) is 18.5 Å². The van der Waals surface area contributed by atoms with E-state index in [2.05, 4.69) is 10.3 Å². The van der Waals surface area contributed by atoms with Crippen molar-refractivity contribution in [3.05, 3.63) is 22.5 Å². The second-order valence-corrected chi connectivity index (χ2v) is 7.59. The Kier molecular flexibility index (Phi) is 4.62. The van der Waals surface area contributed by atoms with Gasteiger partial charge in [-0.1, -0.05) is 0 Å². The van der Waals surface area contributed by atoms with Gasteiger partial charge in [-0.15, -0.1) is 0 Å². The molecule has 2 aromatic rings. The fraction of sp³-hybridized carbons (Fsp3) is 0.500. The van der Waals surface area contributed by atoms with Crippen LogP contribution in [0.2, 0.25) is 0 Å². The highest BCUT2D eigenvalue weighted by Crippen LogP contribution is 2.36. The van der Waals surface area contributed by atoms with Gasteiger partial charge in [0.05, 0.1) is 16.8 Å². The molecule has 0 amide bonds. The smallest absolute Gasteiger partial charge is 0.296 e. The molecule has 10 nitrogen and oxygen atoms in total. The number of fused-ring (bicyclic) bond motifs is 1. The number of benzene rings is 1.